The van der Waals surface area contributed by atoms with Gasteiger partial charge in [-0.15, -0.1) is 0 Å². The molecule has 0 aliphatic carbocycles. The molecule has 0 saturated heterocycles. The van der Waals surface area contributed by atoms with Crippen molar-refractivity contribution in [3.63, 3.8) is 0 Å². The molecule has 0 radical (unpaired) electrons. The molecule has 3 nitrogen and oxygen atoms in total. The zero-order chi connectivity index (χ0) is 8.97. The summed E-state index contributed by atoms with van der Waals surface area (Å²) in [6.07, 6.45) is 0.301. The van der Waals surface area contributed by atoms with Crippen molar-refractivity contribution in [1.29, 1.82) is 0 Å². The molecular formula is C9H12N2O. The number of hydrogen-bond donors (Lipinski definition) is 2. The van der Waals surface area contributed by atoms with Crippen molar-refractivity contribution in [2.75, 3.05) is 12.4 Å². The monoisotopic (exact) mass is 164 g/mol. The van der Waals surface area contributed by atoms with Crippen LogP contribution >= 0.6 is 0 Å². The van der Waals surface area contributed by atoms with Crippen LogP contribution in [0.4, 0.5) is 5.69 Å². The Bertz CT molecular complexity index is 284. The van der Waals surface area contributed by atoms with Crippen molar-refractivity contribution >= 4 is 11.6 Å². The molecule has 3 N–H and O–H groups in total. The molecule has 0 heterocycles. The van der Waals surface area contributed by atoms with Gasteiger partial charge in [0.15, 0.2) is 0 Å². The lowest BCUT2D eigenvalue weighted by Crippen LogP contribution is -2.13. The molecule has 0 bridgehead atoms. The number of nitrogens with one attached hydrogen (secondary N) is 1. The van der Waals surface area contributed by atoms with Crippen molar-refractivity contribution in [3.8, 4) is 0 Å². The van der Waals surface area contributed by atoms with Crippen molar-refractivity contribution < 1.29 is 4.79 Å². The van der Waals surface area contributed by atoms with E-state index in [1.165, 1.54) is 0 Å². The van der Waals surface area contributed by atoms with Gasteiger partial charge in [-0.2, -0.15) is 0 Å². The molecule has 12 heavy (non-hydrogen) atoms. The molecule has 0 aliphatic rings. The molecule has 1 amide bonds. The average molecular weight is 164 g/mol. The second-order valence-corrected chi connectivity index (χ2v) is 2.59. The molecule has 0 unspecified atom stereocenters. The first-order valence-electron chi connectivity index (χ1n) is 3.77. The van der Waals surface area contributed by atoms with E-state index in [0.717, 1.165) is 11.3 Å². The highest BCUT2D eigenvalue weighted by Crippen LogP contribution is 2.09. The zero-order valence-corrected chi connectivity index (χ0v) is 7.00. The molecule has 0 atom stereocenters. The van der Waals surface area contributed by atoms with Gasteiger partial charge >= 0.3 is 0 Å². The van der Waals surface area contributed by atoms with Gasteiger partial charge in [0.05, 0.1) is 6.42 Å². The van der Waals surface area contributed by atoms with Crippen LogP contribution in [0.1, 0.15) is 5.56 Å². The summed E-state index contributed by atoms with van der Waals surface area (Å²) in [7, 11) is 1.84. The lowest BCUT2D eigenvalue weighted by atomic mass is 10.1. The Balaban J connectivity index is 2.79. The third kappa shape index (κ3) is 2.27. The molecule has 1 aromatic rings. The Labute approximate surface area is 71.6 Å². The van der Waals surface area contributed by atoms with E-state index in [9.17, 15) is 4.79 Å². The highest BCUT2D eigenvalue weighted by molar-refractivity contribution is 5.76. The fourth-order valence-electron chi connectivity index (χ4n) is 1.04. The molecular weight excluding hydrogens is 152 g/mol. The number of rotatable bonds is 3. The highest BCUT2D eigenvalue weighted by atomic mass is 16.1. The number of anilines is 1. The first-order chi connectivity index (χ1) is 5.72. The summed E-state index contributed by atoms with van der Waals surface area (Å²) in [6, 6.07) is 7.62. The molecule has 0 saturated carbocycles. The second kappa shape index (κ2) is 3.76. The van der Waals surface area contributed by atoms with E-state index in [-0.39, 0.29) is 5.91 Å². The van der Waals surface area contributed by atoms with Crippen LogP contribution in [0.2, 0.25) is 0 Å². The molecule has 64 valence electrons. The van der Waals surface area contributed by atoms with Crippen molar-refractivity contribution in [2.24, 2.45) is 5.73 Å². The van der Waals surface area contributed by atoms with Crippen LogP contribution in [0, 0.1) is 0 Å². The predicted octanol–water partition coefficient (Wildman–Crippen LogP) is 0.756. The van der Waals surface area contributed by atoms with Crippen molar-refractivity contribution in [1.82, 2.24) is 0 Å². The quantitative estimate of drug-likeness (QED) is 0.692. The van der Waals surface area contributed by atoms with Gasteiger partial charge in [0.1, 0.15) is 0 Å². The molecule has 0 spiro atoms. The summed E-state index contributed by atoms with van der Waals surface area (Å²) >= 11 is 0. The number of carbonyl (C=O) groups excluding carboxylic acids is 1. The van der Waals surface area contributed by atoms with Crippen molar-refractivity contribution in [3.05, 3.63) is 29.8 Å². The minimum Gasteiger partial charge on any atom is -0.388 e. The summed E-state index contributed by atoms with van der Waals surface area (Å²) in [6.45, 7) is 0. The molecule has 0 aromatic heterocycles. The summed E-state index contributed by atoms with van der Waals surface area (Å²) in [4.78, 5) is 10.6. The average Bonchev–Trinajstić information content (AvgIpc) is 2.03. The number of primary amides is 1. The van der Waals surface area contributed by atoms with Gasteiger partial charge in [0.25, 0.3) is 0 Å². The van der Waals surface area contributed by atoms with Gasteiger partial charge < -0.3 is 11.1 Å². The molecule has 3 heteroatoms. The molecule has 0 fully saturated rings. The van der Waals surface area contributed by atoms with E-state index in [0.29, 0.717) is 6.42 Å². The second-order valence-electron chi connectivity index (χ2n) is 2.59. The Morgan fingerprint density at radius 1 is 1.58 bits per heavy atom. The first kappa shape index (κ1) is 8.59. The van der Waals surface area contributed by atoms with E-state index >= 15 is 0 Å². The number of hydrogen-bond acceptors (Lipinski definition) is 2. The van der Waals surface area contributed by atoms with Crippen LogP contribution in [0.25, 0.3) is 0 Å². The minimum absolute atomic E-state index is 0.301. The van der Waals surface area contributed by atoms with E-state index < -0.39 is 0 Å². The summed E-state index contributed by atoms with van der Waals surface area (Å²) < 4.78 is 0. The maximum absolute atomic E-state index is 10.6. The fourth-order valence-corrected chi connectivity index (χ4v) is 1.04. The van der Waals surface area contributed by atoms with Crippen LogP contribution in [0.3, 0.4) is 0 Å². The lowest BCUT2D eigenvalue weighted by molar-refractivity contribution is -0.117. The van der Waals surface area contributed by atoms with Crippen LogP contribution in [0.15, 0.2) is 24.3 Å². The molecule has 1 rings (SSSR count). The number of benzene rings is 1. The summed E-state index contributed by atoms with van der Waals surface area (Å²) in [5.74, 6) is -0.303. The Morgan fingerprint density at radius 3 is 2.92 bits per heavy atom. The lowest BCUT2D eigenvalue weighted by Gasteiger charge is -2.01. The van der Waals surface area contributed by atoms with E-state index in [1.54, 1.807) is 0 Å². The summed E-state index contributed by atoms with van der Waals surface area (Å²) in [5, 5.41) is 2.99. The van der Waals surface area contributed by atoms with Gasteiger partial charge in [0.2, 0.25) is 5.91 Å². The van der Waals surface area contributed by atoms with Gasteiger partial charge in [-0.3, -0.25) is 4.79 Å². The van der Waals surface area contributed by atoms with Crippen molar-refractivity contribution in [2.45, 2.75) is 6.42 Å². The summed E-state index contributed by atoms with van der Waals surface area (Å²) in [5.41, 5.74) is 6.99. The third-order valence-corrected chi connectivity index (χ3v) is 1.59. The van der Waals surface area contributed by atoms with Gasteiger partial charge in [0, 0.05) is 12.7 Å². The predicted molar refractivity (Wildman–Crippen MR) is 48.9 cm³/mol. The number of amides is 1. The van der Waals surface area contributed by atoms with E-state index in [1.807, 2.05) is 31.3 Å². The highest BCUT2D eigenvalue weighted by Gasteiger charge is 1.97. The maximum atomic E-state index is 10.6. The first-order valence-corrected chi connectivity index (χ1v) is 3.77. The third-order valence-electron chi connectivity index (χ3n) is 1.59. The van der Waals surface area contributed by atoms with E-state index in [2.05, 4.69) is 5.32 Å². The Hall–Kier alpha value is -1.51. The normalized spacial score (nSPS) is 9.42. The van der Waals surface area contributed by atoms with Crippen LogP contribution < -0.4 is 11.1 Å². The van der Waals surface area contributed by atoms with E-state index in [4.69, 9.17) is 5.73 Å². The number of carbonyl (C=O) groups is 1. The topological polar surface area (TPSA) is 55.1 Å². The number of nitrogens with two attached hydrogens (primary N) is 1. The largest absolute Gasteiger partial charge is 0.388 e. The van der Waals surface area contributed by atoms with Gasteiger partial charge in [-0.1, -0.05) is 12.1 Å². The maximum Gasteiger partial charge on any atom is 0.221 e. The fraction of sp³-hybridized carbons (Fsp3) is 0.222. The standard InChI is InChI=1S/C9H12N2O/c1-11-8-4-2-3-7(5-8)6-9(10)12/h2-5,11H,6H2,1H3,(H2,10,12). The van der Waals surface area contributed by atoms with Gasteiger partial charge in [-0.05, 0) is 17.7 Å². The van der Waals surface area contributed by atoms with Crippen LogP contribution in [-0.2, 0) is 11.2 Å². The molecule has 1 aromatic carbocycles. The zero-order valence-electron chi connectivity index (χ0n) is 7.00. The smallest absolute Gasteiger partial charge is 0.221 e. The Kier molecular flexibility index (Phi) is 2.69. The molecule has 0 aliphatic heterocycles. The van der Waals surface area contributed by atoms with Crippen LogP contribution in [-0.4, -0.2) is 13.0 Å². The minimum atomic E-state index is -0.303. The van der Waals surface area contributed by atoms with Crippen LogP contribution in [0.5, 0.6) is 0 Å². The SMILES string of the molecule is CNc1cccc(CC(N)=O)c1. The van der Waals surface area contributed by atoms with Gasteiger partial charge in [-0.25, -0.2) is 0 Å². The Morgan fingerprint density at radius 2 is 2.33 bits per heavy atom.